The highest BCUT2D eigenvalue weighted by atomic mass is 35.5. The summed E-state index contributed by atoms with van der Waals surface area (Å²) in [5, 5.41) is 14.5. The number of nitrogens with zero attached hydrogens (tertiary/aromatic N) is 3. The van der Waals surface area contributed by atoms with E-state index in [0.717, 1.165) is 11.4 Å². The van der Waals surface area contributed by atoms with Crippen LogP contribution in [0.15, 0.2) is 47.0 Å². The first kappa shape index (κ1) is 19.2. The van der Waals surface area contributed by atoms with Crippen LogP contribution in [0.2, 0.25) is 10.0 Å². The smallest absolute Gasteiger partial charge is 0.261 e. The van der Waals surface area contributed by atoms with Crippen LogP contribution in [0.1, 0.15) is 21.9 Å². The van der Waals surface area contributed by atoms with Crippen LogP contribution in [-0.4, -0.2) is 26.2 Å². The van der Waals surface area contributed by atoms with Crippen molar-refractivity contribution in [3.63, 3.8) is 0 Å². The summed E-state index contributed by atoms with van der Waals surface area (Å²) in [5.74, 6) is 1.30. The monoisotopic (exact) mass is 427 g/mol. The number of amides is 1. The van der Waals surface area contributed by atoms with Gasteiger partial charge in [-0.3, -0.25) is 9.89 Å². The number of H-pyrrole nitrogens is 1. The fourth-order valence-corrected chi connectivity index (χ4v) is 3.48. The fraction of sp³-hybridized carbons (Fsp3) is 0.100. The summed E-state index contributed by atoms with van der Waals surface area (Å²) in [6.45, 7) is 3.49. The SMILES string of the molecule is Cc1nc(-c2ccc(NC(=O)c3c(-c4c(Cl)cccc4Cl)noc3C)cc2)n[nH]1. The molecule has 0 saturated heterocycles. The minimum atomic E-state index is -0.378. The minimum absolute atomic E-state index is 0.272. The van der Waals surface area contributed by atoms with E-state index < -0.39 is 0 Å². The number of carbonyl (C=O) groups excluding carboxylic acids is 1. The Balaban J connectivity index is 1.62. The highest BCUT2D eigenvalue weighted by molar-refractivity contribution is 6.39. The maximum absolute atomic E-state index is 12.9. The molecular formula is C20H15Cl2N5O2. The number of aryl methyl sites for hydroxylation is 2. The number of anilines is 1. The Kier molecular flexibility index (Phi) is 5.08. The quantitative estimate of drug-likeness (QED) is 0.460. The zero-order valence-electron chi connectivity index (χ0n) is 15.5. The molecule has 2 N–H and O–H groups in total. The molecule has 0 aliphatic rings. The number of rotatable bonds is 4. The van der Waals surface area contributed by atoms with Gasteiger partial charge in [-0.15, -0.1) is 0 Å². The third-order valence-corrected chi connectivity index (χ3v) is 4.92. The van der Waals surface area contributed by atoms with E-state index in [-0.39, 0.29) is 11.5 Å². The summed E-state index contributed by atoms with van der Waals surface area (Å²) in [6.07, 6.45) is 0. The molecule has 1 amide bonds. The van der Waals surface area contributed by atoms with Gasteiger partial charge in [0.05, 0.1) is 10.0 Å². The Morgan fingerprint density at radius 3 is 2.38 bits per heavy atom. The van der Waals surface area contributed by atoms with Crippen molar-refractivity contribution in [3.8, 4) is 22.6 Å². The second-order valence-corrected chi connectivity index (χ2v) is 7.15. The number of carbonyl (C=O) groups is 1. The molecule has 0 bridgehead atoms. The minimum Gasteiger partial charge on any atom is -0.360 e. The lowest BCUT2D eigenvalue weighted by Gasteiger charge is -2.08. The van der Waals surface area contributed by atoms with E-state index in [9.17, 15) is 4.79 Å². The van der Waals surface area contributed by atoms with Crippen LogP contribution in [0.4, 0.5) is 5.69 Å². The van der Waals surface area contributed by atoms with Gasteiger partial charge in [0.2, 0.25) is 0 Å². The summed E-state index contributed by atoms with van der Waals surface area (Å²) in [6, 6.07) is 12.3. The molecule has 0 saturated carbocycles. The van der Waals surface area contributed by atoms with Gasteiger partial charge in [0.15, 0.2) is 5.82 Å². The summed E-state index contributed by atoms with van der Waals surface area (Å²) in [7, 11) is 0. The third-order valence-electron chi connectivity index (χ3n) is 4.29. The van der Waals surface area contributed by atoms with E-state index in [0.29, 0.717) is 38.6 Å². The molecule has 2 heterocycles. The van der Waals surface area contributed by atoms with E-state index in [4.69, 9.17) is 27.7 Å². The second-order valence-electron chi connectivity index (χ2n) is 6.33. The van der Waals surface area contributed by atoms with Gasteiger partial charge in [0.25, 0.3) is 5.91 Å². The van der Waals surface area contributed by atoms with Crippen LogP contribution in [-0.2, 0) is 0 Å². The molecule has 4 aromatic rings. The molecular weight excluding hydrogens is 413 g/mol. The van der Waals surface area contributed by atoms with Crippen molar-refractivity contribution in [1.82, 2.24) is 20.3 Å². The highest BCUT2D eigenvalue weighted by Crippen LogP contribution is 2.37. The number of hydrogen-bond acceptors (Lipinski definition) is 5. The Hall–Kier alpha value is -3.16. The van der Waals surface area contributed by atoms with Crippen molar-refractivity contribution < 1.29 is 9.32 Å². The van der Waals surface area contributed by atoms with E-state index in [1.807, 2.05) is 19.1 Å². The van der Waals surface area contributed by atoms with Gasteiger partial charge in [0, 0.05) is 16.8 Å². The molecule has 0 radical (unpaired) electrons. The predicted molar refractivity (Wildman–Crippen MR) is 111 cm³/mol. The van der Waals surface area contributed by atoms with Gasteiger partial charge in [-0.2, -0.15) is 5.10 Å². The van der Waals surface area contributed by atoms with Crippen LogP contribution in [0.5, 0.6) is 0 Å². The van der Waals surface area contributed by atoms with Crippen molar-refractivity contribution in [2.75, 3.05) is 5.32 Å². The number of halogens is 2. The molecule has 7 nitrogen and oxygen atoms in total. The van der Waals surface area contributed by atoms with Gasteiger partial charge in [-0.1, -0.05) is 34.4 Å². The van der Waals surface area contributed by atoms with E-state index in [2.05, 4.69) is 25.7 Å². The second kappa shape index (κ2) is 7.69. The molecule has 0 atom stereocenters. The van der Waals surface area contributed by atoms with Crippen molar-refractivity contribution in [2.24, 2.45) is 0 Å². The maximum Gasteiger partial charge on any atom is 0.261 e. The molecule has 2 aromatic heterocycles. The van der Waals surface area contributed by atoms with E-state index >= 15 is 0 Å². The summed E-state index contributed by atoms with van der Waals surface area (Å²) in [4.78, 5) is 17.2. The average molecular weight is 428 g/mol. The molecule has 0 unspecified atom stereocenters. The lowest BCUT2D eigenvalue weighted by atomic mass is 10.1. The Bertz CT molecular complexity index is 1180. The largest absolute Gasteiger partial charge is 0.360 e. The predicted octanol–water partition coefficient (Wildman–Crippen LogP) is 5.30. The molecule has 146 valence electrons. The molecule has 0 fully saturated rings. The fourth-order valence-electron chi connectivity index (χ4n) is 2.90. The normalized spacial score (nSPS) is 10.9. The molecule has 9 heteroatoms. The van der Waals surface area contributed by atoms with Crippen LogP contribution in [0.3, 0.4) is 0 Å². The highest BCUT2D eigenvalue weighted by Gasteiger charge is 2.25. The van der Waals surface area contributed by atoms with Gasteiger partial charge in [-0.25, -0.2) is 4.98 Å². The topological polar surface area (TPSA) is 96.7 Å². The molecule has 0 aliphatic carbocycles. The van der Waals surface area contributed by atoms with Crippen LogP contribution in [0.25, 0.3) is 22.6 Å². The van der Waals surface area contributed by atoms with Gasteiger partial charge < -0.3 is 9.84 Å². The summed E-state index contributed by atoms with van der Waals surface area (Å²) in [5.41, 5.74) is 2.45. The summed E-state index contributed by atoms with van der Waals surface area (Å²) >= 11 is 12.6. The average Bonchev–Trinajstić information content (AvgIpc) is 3.28. The third kappa shape index (κ3) is 3.74. The molecule has 0 aliphatic heterocycles. The standard InChI is InChI=1S/C20H15Cl2N5O2/c1-10-16(18(27-29-10)17-14(21)4-3-5-15(17)22)20(28)24-13-8-6-12(7-9-13)19-23-11(2)25-26-19/h3-9H,1-2H3,(H,24,28)(H,23,25,26). The van der Waals surface area contributed by atoms with Crippen molar-refractivity contribution in [3.05, 3.63) is 69.7 Å². The number of aromatic amines is 1. The molecule has 0 spiro atoms. The van der Waals surface area contributed by atoms with Gasteiger partial charge >= 0.3 is 0 Å². The Morgan fingerprint density at radius 2 is 1.76 bits per heavy atom. The van der Waals surface area contributed by atoms with E-state index in [1.165, 1.54) is 0 Å². The first-order chi connectivity index (χ1) is 13.9. The number of hydrogen-bond donors (Lipinski definition) is 2. The van der Waals surface area contributed by atoms with Crippen molar-refractivity contribution in [1.29, 1.82) is 0 Å². The Labute approximate surface area is 176 Å². The molecule has 2 aromatic carbocycles. The molecule has 4 rings (SSSR count). The Morgan fingerprint density at radius 1 is 1.07 bits per heavy atom. The zero-order valence-corrected chi connectivity index (χ0v) is 17.0. The lowest BCUT2D eigenvalue weighted by Crippen LogP contribution is -2.13. The van der Waals surface area contributed by atoms with E-state index in [1.54, 1.807) is 37.3 Å². The van der Waals surface area contributed by atoms with Crippen LogP contribution >= 0.6 is 23.2 Å². The zero-order chi connectivity index (χ0) is 20.5. The van der Waals surface area contributed by atoms with Crippen LogP contribution in [0, 0.1) is 13.8 Å². The van der Waals surface area contributed by atoms with Crippen LogP contribution < -0.4 is 5.32 Å². The van der Waals surface area contributed by atoms with Crippen molar-refractivity contribution >= 4 is 34.8 Å². The number of benzene rings is 2. The lowest BCUT2D eigenvalue weighted by molar-refractivity contribution is 0.102. The maximum atomic E-state index is 12.9. The van der Waals surface area contributed by atoms with Gasteiger partial charge in [-0.05, 0) is 50.2 Å². The van der Waals surface area contributed by atoms with Gasteiger partial charge in [0.1, 0.15) is 22.8 Å². The first-order valence-electron chi connectivity index (χ1n) is 8.65. The molecule has 29 heavy (non-hydrogen) atoms. The summed E-state index contributed by atoms with van der Waals surface area (Å²) < 4.78 is 5.25. The number of aromatic nitrogens is 4. The first-order valence-corrected chi connectivity index (χ1v) is 9.41. The van der Waals surface area contributed by atoms with Crippen molar-refractivity contribution in [2.45, 2.75) is 13.8 Å². The number of nitrogens with one attached hydrogen (secondary N) is 2.